The average molecular weight is 796 g/mol. The summed E-state index contributed by atoms with van der Waals surface area (Å²) < 4.78 is 22.2. The minimum Gasteiger partial charge on any atom is -0.508 e. The van der Waals surface area contributed by atoms with Crippen molar-refractivity contribution in [3.8, 4) is 11.8 Å². The maximum absolute atomic E-state index is 15.5. The number of likely N-dealkylation sites (N-methyl/N-ethyl adjacent to an activating group) is 1. The molecule has 1 aromatic heterocycles. The minimum atomic E-state index is -0.478. The third-order valence-electron chi connectivity index (χ3n) is 11.5. The second-order valence-corrected chi connectivity index (χ2v) is 16.4. The number of amides is 1. The van der Waals surface area contributed by atoms with Crippen molar-refractivity contribution in [1.82, 2.24) is 14.9 Å². The van der Waals surface area contributed by atoms with Gasteiger partial charge in [-0.1, -0.05) is 53.2 Å². The molecule has 58 heavy (non-hydrogen) atoms. The van der Waals surface area contributed by atoms with Crippen LogP contribution in [0.3, 0.4) is 0 Å². The van der Waals surface area contributed by atoms with E-state index >= 15 is 4.39 Å². The zero-order chi connectivity index (χ0) is 42.5. The number of fused-ring (bicyclic) bond motifs is 2. The summed E-state index contributed by atoms with van der Waals surface area (Å²) >= 11 is 0. The Hall–Kier alpha value is -5.10. The third-order valence-corrected chi connectivity index (χ3v) is 11.5. The van der Waals surface area contributed by atoms with Crippen LogP contribution in [0.25, 0.3) is 28.0 Å². The standard InChI is InChI=1S/C46H62FN7O4/c1-11-28(7)46(8,24-31(55)12-2)26-58-45-51-39-23-36(35-22-32(56)20-29-16-17-37(47)33(13-3)40(29)35)42(50-27(5)6)34(14-4)41(39)43(52-45)54-19-15-18-49-30(25-54)21-38(48)44(57)53(9)10/h14,16-17,20-23,27-28,31,55-56H,11-13,15,18-19,24-26,48H2,1-10H3/b34-14-,38-21-,50-42?. The van der Waals surface area contributed by atoms with Gasteiger partial charge in [0.15, 0.2) is 0 Å². The normalized spacial score (nSPS) is 18.4. The smallest absolute Gasteiger partial charge is 0.318 e. The Balaban J connectivity index is 1.80. The van der Waals surface area contributed by atoms with Crippen molar-refractivity contribution in [1.29, 1.82) is 0 Å². The number of phenols is 1. The van der Waals surface area contributed by atoms with Gasteiger partial charge in [-0.05, 0) is 105 Å². The largest absolute Gasteiger partial charge is 0.508 e. The van der Waals surface area contributed by atoms with Crippen LogP contribution in [0.15, 0.2) is 52.1 Å². The summed E-state index contributed by atoms with van der Waals surface area (Å²) in [7, 11) is 3.31. The number of carbonyl (C=O) groups is 1. The first-order chi connectivity index (χ1) is 27.5. The minimum absolute atomic E-state index is 0.0521. The number of benzene rings is 2. The van der Waals surface area contributed by atoms with Gasteiger partial charge in [-0.2, -0.15) is 9.97 Å². The molecule has 1 aliphatic carbocycles. The Morgan fingerprint density at radius 1 is 1.16 bits per heavy atom. The number of aromatic nitrogens is 2. The predicted octanol–water partition coefficient (Wildman–Crippen LogP) is 8.02. The van der Waals surface area contributed by atoms with E-state index in [2.05, 4.69) is 25.7 Å². The lowest BCUT2D eigenvalue weighted by molar-refractivity contribution is -0.124. The maximum Gasteiger partial charge on any atom is 0.318 e. The lowest BCUT2D eigenvalue weighted by Gasteiger charge is -2.36. The summed E-state index contributed by atoms with van der Waals surface area (Å²) in [6, 6.07) is 6.53. The number of anilines is 1. The molecule has 2 aliphatic rings. The van der Waals surface area contributed by atoms with Gasteiger partial charge in [0.25, 0.3) is 5.91 Å². The van der Waals surface area contributed by atoms with Crippen LogP contribution >= 0.6 is 0 Å². The number of allylic oxidation sites excluding steroid dienone is 3. The van der Waals surface area contributed by atoms with Crippen LogP contribution in [0.1, 0.15) is 103 Å². The van der Waals surface area contributed by atoms with E-state index in [1.165, 1.54) is 11.0 Å². The topological polar surface area (TPSA) is 150 Å². The highest BCUT2D eigenvalue weighted by Crippen LogP contribution is 2.44. The second kappa shape index (κ2) is 18.7. The Kier molecular flexibility index (Phi) is 14.2. The number of hydrogen-bond acceptors (Lipinski definition) is 10. The van der Waals surface area contributed by atoms with E-state index in [0.717, 1.165) is 17.6 Å². The summed E-state index contributed by atoms with van der Waals surface area (Å²) in [6.45, 7) is 18.1. The van der Waals surface area contributed by atoms with Crippen molar-refractivity contribution in [2.75, 3.05) is 45.2 Å². The van der Waals surface area contributed by atoms with E-state index in [1.54, 1.807) is 38.4 Å². The molecule has 3 unspecified atom stereocenters. The van der Waals surface area contributed by atoms with Crippen molar-refractivity contribution in [2.24, 2.45) is 27.1 Å². The van der Waals surface area contributed by atoms with E-state index < -0.39 is 6.10 Å². The lowest BCUT2D eigenvalue weighted by Crippen LogP contribution is -2.36. The average Bonchev–Trinajstić information content (AvgIpc) is 3.43. The van der Waals surface area contributed by atoms with Crippen LogP contribution in [-0.2, 0) is 11.2 Å². The van der Waals surface area contributed by atoms with Crippen LogP contribution in [0.2, 0.25) is 0 Å². The molecule has 2 heterocycles. The van der Waals surface area contributed by atoms with Crippen LogP contribution in [0.4, 0.5) is 10.2 Å². The lowest BCUT2D eigenvalue weighted by atomic mass is 9.73. The predicted molar refractivity (Wildman–Crippen MR) is 235 cm³/mol. The quantitative estimate of drug-likeness (QED) is 0.139. The van der Waals surface area contributed by atoms with Crippen molar-refractivity contribution in [3.63, 3.8) is 0 Å². The molecule has 0 bridgehead atoms. The van der Waals surface area contributed by atoms with E-state index in [0.29, 0.717) is 95.7 Å². The third kappa shape index (κ3) is 9.44. The first-order valence-corrected chi connectivity index (χ1v) is 20.7. The van der Waals surface area contributed by atoms with Crippen molar-refractivity contribution in [3.05, 3.63) is 70.3 Å². The zero-order valence-electron chi connectivity index (χ0n) is 36.0. The van der Waals surface area contributed by atoms with Gasteiger partial charge in [-0.3, -0.25) is 14.8 Å². The molecular weight excluding hydrogens is 734 g/mol. The van der Waals surface area contributed by atoms with Crippen molar-refractivity contribution < 1.29 is 24.1 Å². The Morgan fingerprint density at radius 3 is 2.53 bits per heavy atom. The fourth-order valence-electron chi connectivity index (χ4n) is 7.90. The number of ether oxygens (including phenoxy) is 1. The van der Waals surface area contributed by atoms with Gasteiger partial charge in [-0.15, -0.1) is 0 Å². The Morgan fingerprint density at radius 2 is 1.90 bits per heavy atom. The van der Waals surface area contributed by atoms with Gasteiger partial charge in [-0.25, -0.2) is 4.39 Å². The van der Waals surface area contributed by atoms with E-state index in [-0.39, 0.29) is 53.2 Å². The fraction of sp³-hybridized carbons (Fsp3) is 0.500. The molecule has 0 spiro atoms. The molecule has 0 fully saturated rings. The summed E-state index contributed by atoms with van der Waals surface area (Å²) in [5, 5.41) is 23.3. The molecule has 1 amide bonds. The molecule has 5 rings (SSSR count). The van der Waals surface area contributed by atoms with Crippen LogP contribution in [0.5, 0.6) is 11.8 Å². The summed E-state index contributed by atoms with van der Waals surface area (Å²) in [6.07, 6.45) is 8.38. The number of carbonyl (C=O) groups excluding carboxylic acids is 1. The molecular formula is C46H62FN7O4. The summed E-state index contributed by atoms with van der Waals surface area (Å²) in [5.41, 5.74) is 11.3. The fourth-order valence-corrected chi connectivity index (χ4v) is 7.90. The summed E-state index contributed by atoms with van der Waals surface area (Å²) in [5.74, 6) is 0.280. The Labute approximate surface area is 343 Å². The number of phenolic OH excluding ortho intramolecular Hbond substituents is 1. The number of aliphatic hydroxyl groups is 1. The number of aromatic hydroxyl groups is 1. The molecule has 2 aromatic carbocycles. The van der Waals surface area contributed by atoms with Crippen molar-refractivity contribution in [2.45, 2.75) is 99.6 Å². The molecule has 0 radical (unpaired) electrons. The monoisotopic (exact) mass is 795 g/mol. The van der Waals surface area contributed by atoms with E-state index in [4.69, 9.17) is 30.4 Å². The molecule has 3 atom stereocenters. The molecule has 0 saturated heterocycles. The van der Waals surface area contributed by atoms with E-state index in [9.17, 15) is 15.0 Å². The van der Waals surface area contributed by atoms with Gasteiger partial charge in [0.05, 0.1) is 47.6 Å². The number of rotatable bonds is 14. The SMILES string of the molecule is C/C=C1\C(=NC(C)C)C(c2cc(O)cc3ccc(F)c(CC)c23)=Cc2nc(OCC(C)(CC(O)CC)C(C)CC)nc(N3CCCN=C(/C=C(\N)C(=O)N(C)C)C3)c21. The van der Waals surface area contributed by atoms with Crippen LogP contribution < -0.4 is 15.4 Å². The van der Waals surface area contributed by atoms with Crippen LogP contribution in [-0.4, -0.2) is 94.9 Å². The molecule has 3 aromatic rings. The van der Waals surface area contributed by atoms with Gasteiger partial charge >= 0.3 is 6.01 Å². The zero-order valence-corrected chi connectivity index (χ0v) is 36.0. The number of aliphatic imine (C=N–C) groups is 2. The highest BCUT2D eigenvalue weighted by Gasteiger charge is 2.36. The molecule has 0 saturated carbocycles. The number of hydrogen-bond donors (Lipinski definition) is 3. The summed E-state index contributed by atoms with van der Waals surface area (Å²) in [4.78, 5) is 36.6. The van der Waals surface area contributed by atoms with Gasteiger partial charge in [0.1, 0.15) is 17.4 Å². The number of nitrogens with two attached hydrogens (primary N) is 1. The van der Waals surface area contributed by atoms with Crippen LogP contribution in [0, 0.1) is 17.2 Å². The first kappa shape index (κ1) is 44.0. The van der Waals surface area contributed by atoms with Crippen molar-refractivity contribution >= 4 is 51.1 Å². The molecule has 12 heteroatoms. The number of halogens is 1. The molecule has 11 nitrogen and oxygen atoms in total. The van der Waals surface area contributed by atoms with Gasteiger partial charge in [0, 0.05) is 49.8 Å². The van der Waals surface area contributed by atoms with E-state index in [1.807, 2.05) is 46.8 Å². The molecule has 312 valence electrons. The number of aryl methyl sites for hydroxylation is 1. The highest BCUT2D eigenvalue weighted by molar-refractivity contribution is 6.50. The van der Waals surface area contributed by atoms with Gasteiger partial charge in [0.2, 0.25) is 0 Å². The number of aliphatic hydroxyl groups excluding tert-OH is 1. The Bertz CT molecular complexity index is 2170. The van der Waals surface area contributed by atoms with Gasteiger partial charge < -0.3 is 30.5 Å². The second-order valence-electron chi connectivity index (χ2n) is 16.4. The maximum atomic E-state index is 15.5. The first-order valence-electron chi connectivity index (χ1n) is 20.7. The molecule has 4 N–H and O–H groups in total. The molecule has 1 aliphatic heterocycles. The highest BCUT2D eigenvalue weighted by atomic mass is 19.1. The number of nitrogens with zero attached hydrogens (tertiary/aromatic N) is 6.